The third-order valence-corrected chi connectivity index (χ3v) is 1.31. The van der Waals surface area contributed by atoms with Gasteiger partial charge in [-0.25, -0.2) is 0 Å². The Morgan fingerprint density at radius 3 is 1.71 bits per heavy atom. The molecule has 0 radical (unpaired) electrons. The maximum atomic E-state index is 9.81. The highest BCUT2D eigenvalue weighted by atomic mass is 16.6. The van der Waals surface area contributed by atoms with Gasteiger partial charge >= 0.3 is 11.9 Å². The van der Waals surface area contributed by atoms with E-state index in [-0.39, 0.29) is 0 Å². The highest BCUT2D eigenvalue weighted by Gasteiger charge is 2.15. The highest BCUT2D eigenvalue weighted by molar-refractivity contribution is 5.82. The van der Waals surface area contributed by atoms with Gasteiger partial charge in [0, 0.05) is 13.8 Å². The smallest absolute Gasteiger partial charge is 0.310 e. The molecule has 0 aliphatic carbocycles. The topological polar surface area (TPSA) is 55.9 Å². The Kier molecular flexibility index (Phi) is 3.23. The molecular formula is C10H10O4. The Bertz CT molecular complexity index is 324. The van der Waals surface area contributed by atoms with E-state index < -0.39 is 11.9 Å². The van der Waals surface area contributed by atoms with E-state index >= 15 is 0 Å². The van der Waals surface area contributed by atoms with Crippen molar-refractivity contribution in [2.45, 2.75) is 13.8 Å². The van der Waals surface area contributed by atoms with Crippen LogP contribution in [0.1, 0.15) is 13.8 Å². The lowest BCUT2D eigenvalue weighted by atomic mass is 10.4. The lowest BCUT2D eigenvalue weighted by Crippen LogP contribution is -2.03. The fraction of sp³-hybridized carbons (Fsp3) is 0.200. The van der Waals surface area contributed by atoms with Crippen LogP contribution in [-0.4, -0.2) is 11.9 Å². The molecule has 0 unspecified atom stereocenters. The fourth-order valence-electron chi connectivity index (χ4n) is 0.814. The number of fused-ring (bicyclic) bond motifs is 1. The predicted molar refractivity (Wildman–Crippen MR) is 49.0 cm³/mol. The van der Waals surface area contributed by atoms with E-state index in [4.69, 9.17) is 4.74 Å². The first kappa shape index (κ1) is 10.2. The normalized spacial score (nSPS) is 9.86. The average Bonchev–Trinajstić information content (AvgIpc) is 2.79. The quantitative estimate of drug-likeness (QED) is 0.365. The molecule has 0 bridgehead atoms. The van der Waals surface area contributed by atoms with Gasteiger partial charge in [0.25, 0.3) is 0 Å². The van der Waals surface area contributed by atoms with Crippen LogP contribution in [0.5, 0.6) is 11.5 Å². The third-order valence-electron chi connectivity index (χ3n) is 1.31. The molecule has 74 valence electrons. The summed E-state index contributed by atoms with van der Waals surface area (Å²) >= 11 is 0. The van der Waals surface area contributed by atoms with Crippen molar-refractivity contribution in [2.75, 3.05) is 0 Å². The summed E-state index contributed by atoms with van der Waals surface area (Å²) in [4.78, 5) is 19.6. The van der Waals surface area contributed by atoms with Gasteiger partial charge in [0.2, 0.25) is 0 Å². The standard InChI is InChI=1S/C6H4O.C4H6O3/c1-2-4-6-5(3-1)7-6;1-3(5)7-4(2)6/h1-4H;1-2H3. The van der Waals surface area contributed by atoms with E-state index in [0.717, 1.165) is 11.5 Å². The van der Waals surface area contributed by atoms with Gasteiger partial charge in [0.1, 0.15) is 0 Å². The average molecular weight is 194 g/mol. The minimum absolute atomic E-state index is 0.562. The van der Waals surface area contributed by atoms with Gasteiger partial charge < -0.3 is 9.47 Å². The van der Waals surface area contributed by atoms with Crippen LogP contribution in [0.4, 0.5) is 0 Å². The van der Waals surface area contributed by atoms with Crippen molar-refractivity contribution >= 4 is 11.9 Å². The molecule has 0 fully saturated rings. The zero-order chi connectivity index (χ0) is 10.6. The van der Waals surface area contributed by atoms with Gasteiger partial charge in [-0.2, -0.15) is 0 Å². The Labute approximate surface area is 81.4 Å². The third kappa shape index (κ3) is 3.71. The molecule has 14 heavy (non-hydrogen) atoms. The summed E-state index contributed by atoms with van der Waals surface area (Å²) in [5.41, 5.74) is 0. The van der Waals surface area contributed by atoms with Crippen LogP contribution in [0.15, 0.2) is 24.3 Å². The SMILES string of the molecule is CC(=O)OC(C)=O.c1ccc2c(c1)O2. The Morgan fingerprint density at radius 2 is 1.50 bits per heavy atom. The first-order chi connectivity index (χ1) is 6.59. The summed E-state index contributed by atoms with van der Waals surface area (Å²) < 4.78 is 8.91. The second-order valence-corrected chi connectivity index (χ2v) is 2.63. The second-order valence-electron chi connectivity index (χ2n) is 2.63. The molecule has 4 nitrogen and oxygen atoms in total. The monoisotopic (exact) mass is 194 g/mol. The number of benzene rings is 1. The van der Waals surface area contributed by atoms with Crippen LogP contribution in [0.25, 0.3) is 0 Å². The molecular weight excluding hydrogens is 184 g/mol. The lowest BCUT2D eigenvalue weighted by molar-refractivity contribution is -0.156. The van der Waals surface area contributed by atoms with Gasteiger partial charge in [-0.3, -0.25) is 9.59 Å². The molecule has 0 N–H and O–H groups in total. The first-order valence-electron chi connectivity index (χ1n) is 4.05. The molecule has 0 amide bonds. The summed E-state index contributed by atoms with van der Waals surface area (Å²) in [5.74, 6) is 0.935. The van der Waals surface area contributed by atoms with E-state index in [1.807, 2.05) is 24.3 Å². The van der Waals surface area contributed by atoms with Crippen molar-refractivity contribution in [3.63, 3.8) is 0 Å². The minimum atomic E-state index is -0.562. The van der Waals surface area contributed by atoms with Crippen LogP contribution < -0.4 is 4.74 Å². The lowest BCUT2D eigenvalue weighted by Gasteiger charge is -1.87. The first-order valence-corrected chi connectivity index (χ1v) is 4.05. The summed E-state index contributed by atoms with van der Waals surface area (Å²) in [6, 6.07) is 7.84. The number of esters is 2. The molecule has 1 heterocycles. The Balaban J connectivity index is 0.000000140. The van der Waals surface area contributed by atoms with Crippen molar-refractivity contribution in [1.29, 1.82) is 0 Å². The van der Waals surface area contributed by atoms with Crippen molar-refractivity contribution in [2.24, 2.45) is 0 Å². The van der Waals surface area contributed by atoms with Crippen LogP contribution in [-0.2, 0) is 14.3 Å². The molecule has 2 rings (SSSR count). The maximum Gasteiger partial charge on any atom is 0.310 e. The Hall–Kier alpha value is -1.84. The number of ether oxygens (including phenoxy) is 2. The van der Waals surface area contributed by atoms with E-state index in [1.165, 1.54) is 13.8 Å². The molecule has 0 aromatic heterocycles. The zero-order valence-electron chi connectivity index (χ0n) is 7.94. The molecule has 4 heteroatoms. The number of hydrogen-bond acceptors (Lipinski definition) is 4. The van der Waals surface area contributed by atoms with E-state index in [0.29, 0.717) is 0 Å². The predicted octanol–water partition coefficient (Wildman–Crippen LogP) is 1.89. The van der Waals surface area contributed by atoms with Crippen LogP contribution in [0.2, 0.25) is 0 Å². The van der Waals surface area contributed by atoms with E-state index in [1.54, 1.807) is 0 Å². The summed E-state index contributed by atoms with van der Waals surface area (Å²) in [7, 11) is 0. The number of para-hydroxylation sites is 2. The number of carbonyl (C=O) groups excluding carboxylic acids is 2. The molecule has 0 spiro atoms. The van der Waals surface area contributed by atoms with Crippen molar-refractivity contribution in [1.82, 2.24) is 0 Å². The summed E-state index contributed by atoms with van der Waals surface area (Å²) in [5, 5.41) is 0. The number of carbonyl (C=O) groups is 2. The number of rotatable bonds is 0. The molecule has 1 aromatic carbocycles. The van der Waals surface area contributed by atoms with Crippen molar-refractivity contribution < 1.29 is 19.1 Å². The van der Waals surface area contributed by atoms with Crippen LogP contribution in [0.3, 0.4) is 0 Å². The van der Waals surface area contributed by atoms with Gasteiger partial charge in [0.05, 0.1) is 0 Å². The molecule has 0 saturated heterocycles. The molecule has 0 atom stereocenters. The van der Waals surface area contributed by atoms with Gasteiger partial charge in [-0.1, -0.05) is 12.1 Å². The molecule has 1 aromatic rings. The molecule has 1 aliphatic rings. The minimum Gasteiger partial charge on any atom is -0.450 e. The van der Waals surface area contributed by atoms with Crippen molar-refractivity contribution in [3.8, 4) is 11.5 Å². The van der Waals surface area contributed by atoms with Gasteiger partial charge in [-0.15, -0.1) is 0 Å². The second kappa shape index (κ2) is 4.41. The zero-order valence-corrected chi connectivity index (χ0v) is 7.94. The number of hydrogen-bond donors (Lipinski definition) is 0. The Morgan fingerprint density at radius 1 is 1.07 bits per heavy atom. The maximum absolute atomic E-state index is 9.81. The largest absolute Gasteiger partial charge is 0.450 e. The summed E-state index contributed by atoms with van der Waals surface area (Å²) in [6.07, 6.45) is 0. The van der Waals surface area contributed by atoms with Gasteiger partial charge in [-0.05, 0) is 12.1 Å². The van der Waals surface area contributed by atoms with Crippen LogP contribution >= 0.6 is 0 Å². The van der Waals surface area contributed by atoms with E-state index in [9.17, 15) is 9.59 Å². The van der Waals surface area contributed by atoms with E-state index in [2.05, 4.69) is 4.74 Å². The fourth-order valence-corrected chi connectivity index (χ4v) is 0.814. The summed E-state index contributed by atoms with van der Waals surface area (Å²) in [6.45, 7) is 2.36. The van der Waals surface area contributed by atoms with Crippen molar-refractivity contribution in [3.05, 3.63) is 24.3 Å². The highest BCUT2D eigenvalue weighted by Crippen LogP contribution is 2.43. The molecule has 1 aliphatic heterocycles. The molecule has 0 saturated carbocycles. The van der Waals surface area contributed by atoms with Crippen LogP contribution in [0, 0.1) is 0 Å². The van der Waals surface area contributed by atoms with Gasteiger partial charge in [0.15, 0.2) is 11.5 Å².